The Morgan fingerprint density at radius 1 is 1.45 bits per heavy atom. The summed E-state index contributed by atoms with van der Waals surface area (Å²) in [6.45, 7) is 7.96. The predicted octanol–water partition coefficient (Wildman–Crippen LogP) is 1.74. The van der Waals surface area contributed by atoms with Gasteiger partial charge in [-0.3, -0.25) is 0 Å². The van der Waals surface area contributed by atoms with E-state index in [1.807, 2.05) is 12.3 Å². The van der Waals surface area contributed by atoms with Crippen LogP contribution in [-0.2, 0) is 6.54 Å². The molecule has 0 aromatic carbocycles. The molecule has 20 heavy (non-hydrogen) atoms. The molecule has 0 amide bonds. The van der Waals surface area contributed by atoms with Crippen molar-refractivity contribution in [1.29, 1.82) is 0 Å². The first kappa shape index (κ1) is 14.6. The molecule has 1 aliphatic heterocycles. The zero-order chi connectivity index (χ0) is 14.4. The van der Waals surface area contributed by atoms with Crippen LogP contribution < -0.4 is 16.0 Å². The van der Waals surface area contributed by atoms with Gasteiger partial charge in [0.05, 0.1) is 6.54 Å². The number of rotatable bonds is 5. The Hall–Kier alpha value is -1.78. The van der Waals surface area contributed by atoms with E-state index in [4.69, 9.17) is 5.73 Å². The van der Waals surface area contributed by atoms with Crippen LogP contribution in [0.3, 0.4) is 0 Å². The van der Waals surface area contributed by atoms with E-state index in [0.717, 1.165) is 31.0 Å². The summed E-state index contributed by atoms with van der Waals surface area (Å²) in [6, 6.07) is 4.11. The fourth-order valence-electron chi connectivity index (χ4n) is 2.22. The third kappa shape index (κ3) is 4.40. The van der Waals surface area contributed by atoms with Gasteiger partial charge in [-0.2, -0.15) is 0 Å². The van der Waals surface area contributed by atoms with Gasteiger partial charge in [-0.25, -0.2) is 9.98 Å². The fourth-order valence-corrected chi connectivity index (χ4v) is 2.22. The summed E-state index contributed by atoms with van der Waals surface area (Å²) in [5.41, 5.74) is 6.99. The van der Waals surface area contributed by atoms with E-state index in [2.05, 4.69) is 40.1 Å². The van der Waals surface area contributed by atoms with E-state index in [1.165, 1.54) is 12.8 Å². The predicted molar refractivity (Wildman–Crippen MR) is 83.9 cm³/mol. The van der Waals surface area contributed by atoms with Gasteiger partial charge in [0.25, 0.3) is 0 Å². The summed E-state index contributed by atoms with van der Waals surface area (Å²) in [5.74, 6) is 2.13. The first-order valence-corrected chi connectivity index (χ1v) is 7.39. The van der Waals surface area contributed by atoms with Crippen molar-refractivity contribution in [2.75, 3.05) is 24.5 Å². The summed E-state index contributed by atoms with van der Waals surface area (Å²) in [6.07, 6.45) is 4.38. The lowest BCUT2D eigenvalue weighted by Crippen LogP contribution is -2.34. The molecule has 0 saturated carbocycles. The number of nitrogens with one attached hydrogen (secondary N) is 1. The van der Waals surface area contributed by atoms with E-state index < -0.39 is 0 Å². The highest BCUT2D eigenvalue weighted by Gasteiger charge is 2.13. The normalized spacial score (nSPS) is 15.9. The van der Waals surface area contributed by atoms with Crippen LogP contribution in [0.4, 0.5) is 5.82 Å². The van der Waals surface area contributed by atoms with Gasteiger partial charge in [-0.05, 0) is 36.5 Å². The molecule has 0 radical (unpaired) electrons. The molecule has 5 heteroatoms. The number of hydrogen-bond donors (Lipinski definition) is 2. The second-order valence-electron chi connectivity index (χ2n) is 5.69. The van der Waals surface area contributed by atoms with Gasteiger partial charge in [-0.1, -0.05) is 13.8 Å². The Morgan fingerprint density at radius 3 is 2.90 bits per heavy atom. The van der Waals surface area contributed by atoms with Gasteiger partial charge in [0, 0.05) is 25.8 Å². The van der Waals surface area contributed by atoms with Crippen LogP contribution in [0.1, 0.15) is 32.3 Å². The maximum absolute atomic E-state index is 5.84. The van der Waals surface area contributed by atoms with E-state index in [-0.39, 0.29) is 0 Å². The van der Waals surface area contributed by atoms with Crippen molar-refractivity contribution < 1.29 is 0 Å². The molecule has 0 bridgehead atoms. The van der Waals surface area contributed by atoms with Crippen LogP contribution in [0.25, 0.3) is 0 Å². The molecule has 0 spiro atoms. The highest BCUT2D eigenvalue weighted by atomic mass is 15.2. The smallest absolute Gasteiger partial charge is 0.188 e. The van der Waals surface area contributed by atoms with E-state index >= 15 is 0 Å². The molecular weight excluding hydrogens is 250 g/mol. The van der Waals surface area contributed by atoms with Gasteiger partial charge in [0.1, 0.15) is 5.82 Å². The van der Waals surface area contributed by atoms with E-state index in [1.54, 1.807) is 0 Å². The molecule has 1 aromatic heterocycles. The minimum Gasteiger partial charge on any atom is -0.370 e. The van der Waals surface area contributed by atoms with Crippen LogP contribution in [0.15, 0.2) is 23.3 Å². The number of aliphatic imine (C=N–C) groups is 1. The van der Waals surface area contributed by atoms with Crippen molar-refractivity contribution in [2.45, 2.75) is 33.2 Å². The van der Waals surface area contributed by atoms with Crippen LogP contribution in [0, 0.1) is 5.92 Å². The minimum atomic E-state index is 0.512. The van der Waals surface area contributed by atoms with Crippen molar-refractivity contribution in [2.24, 2.45) is 16.6 Å². The number of aromatic nitrogens is 1. The zero-order valence-electron chi connectivity index (χ0n) is 12.5. The lowest BCUT2D eigenvalue weighted by atomic mass is 10.2. The summed E-state index contributed by atoms with van der Waals surface area (Å²) < 4.78 is 0. The number of guanidine groups is 1. The Morgan fingerprint density at radius 2 is 2.20 bits per heavy atom. The quantitative estimate of drug-likeness (QED) is 0.634. The Bertz CT molecular complexity index is 449. The maximum atomic E-state index is 5.84. The Kier molecular flexibility index (Phi) is 5.21. The lowest BCUT2D eigenvalue weighted by molar-refractivity contribution is 0.622. The number of nitrogens with two attached hydrogens (primary N) is 1. The van der Waals surface area contributed by atoms with Crippen molar-refractivity contribution in [1.82, 2.24) is 10.3 Å². The minimum absolute atomic E-state index is 0.512. The van der Waals surface area contributed by atoms with Crippen LogP contribution >= 0.6 is 0 Å². The standard InChI is InChI=1S/C15H25N5/c1-12(2)10-18-15(16)19-11-13-5-6-17-14(9-13)20-7-3-4-8-20/h5-6,9,12H,3-4,7-8,10-11H2,1-2H3,(H3,16,18,19). The Labute approximate surface area is 121 Å². The number of nitrogens with zero attached hydrogens (tertiary/aromatic N) is 3. The molecule has 3 N–H and O–H groups in total. The van der Waals surface area contributed by atoms with Gasteiger partial charge in [0.15, 0.2) is 5.96 Å². The summed E-state index contributed by atoms with van der Waals surface area (Å²) >= 11 is 0. The molecule has 0 atom stereocenters. The van der Waals surface area contributed by atoms with Gasteiger partial charge in [-0.15, -0.1) is 0 Å². The summed E-state index contributed by atoms with van der Waals surface area (Å²) in [7, 11) is 0. The van der Waals surface area contributed by atoms with E-state index in [0.29, 0.717) is 18.4 Å². The number of pyridine rings is 1. The Balaban J connectivity index is 1.92. The third-order valence-electron chi connectivity index (χ3n) is 3.36. The molecule has 1 aromatic rings. The lowest BCUT2D eigenvalue weighted by Gasteiger charge is -2.16. The molecule has 2 heterocycles. The molecule has 2 rings (SSSR count). The highest BCUT2D eigenvalue weighted by molar-refractivity contribution is 5.77. The number of hydrogen-bond acceptors (Lipinski definition) is 3. The molecule has 5 nitrogen and oxygen atoms in total. The molecule has 110 valence electrons. The molecule has 1 fully saturated rings. The van der Waals surface area contributed by atoms with Crippen molar-refractivity contribution in [3.8, 4) is 0 Å². The average Bonchev–Trinajstić information content (AvgIpc) is 2.97. The summed E-state index contributed by atoms with van der Waals surface area (Å²) in [5, 5.41) is 3.12. The first-order valence-electron chi connectivity index (χ1n) is 7.39. The third-order valence-corrected chi connectivity index (χ3v) is 3.36. The van der Waals surface area contributed by atoms with Crippen molar-refractivity contribution in [3.63, 3.8) is 0 Å². The van der Waals surface area contributed by atoms with Gasteiger partial charge < -0.3 is 16.0 Å². The first-order chi connectivity index (χ1) is 9.65. The monoisotopic (exact) mass is 275 g/mol. The zero-order valence-corrected chi connectivity index (χ0v) is 12.5. The molecular formula is C15H25N5. The maximum Gasteiger partial charge on any atom is 0.188 e. The fraction of sp³-hybridized carbons (Fsp3) is 0.600. The van der Waals surface area contributed by atoms with Crippen LogP contribution in [0.2, 0.25) is 0 Å². The van der Waals surface area contributed by atoms with Crippen LogP contribution in [-0.4, -0.2) is 30.6 Å². The molecule has 1 aliphatic rings. The van der Waals surface area contributed by atoms with Crippen molar-refractivity contribution in [3.05, 3.63) is 23.9 Å². The van der Waals surface area contributed by atoms with Crippen LogP contribution in [0.5, 0.6) is 0 Å². The van der Waals surface area contributed by atoms with E-state index in [9.17, 15) is 0 Å². The topological polar surface area (TPSA) is 66.5 Å². The van der Waals surface area contributed by atoms with Gasteiger partial charge >= 0.3 is 0 Å². The summed E-state index contributed by atoms with van der Waals surface area (Å²) in [4.78, 5) is 11.1. The number of anilines is 1. The molecule has 0 aliphatic carbocycles. The van der Waals surface area contributed by atoms with Crippen molar-refractivity contribution >= 4 is 11.8 Å². The highest BCUT2D eigenvalue weighted by Crippen LogP contribution is 2.18. The second kappa shape index (κ2) is 7.12. The average molecular weight is 275 g/mol. The molecule has 0 unspecified atom stereocenters. The molecule has 1 saturated heterocycles. The SMILES string of the molecule is CC(C)CNC(N)=NCc1ccnc(N2CCCC2)c1. The van der Waals surface area contributed by atoms with Gasteiger partial charge in [0.2, 0.25) is 0 Å². The second-order valence-corrected chi connectivity index (χ2v) is 5.69. The largest absolute Gasteiger partial charge is 0.370 e.